The van der Waals surface area contributed by atoms with Crippen LogP contribution in [0.2, 0.25) is 0 Å². The van der Waals surface area contributed by atoms with Crippen LogP contribution in [0.3, 0.4) is 0 Å². The quantitative estimate of drug-likeness (QED) is 0.516. The zero-order chi connectivity index (χ0) is 12.5. The molecule has 1 unspecified atom stereocenters. The van der Waals surface area contributed by atoms with Crippen molar-refractivity contribution in [2.24, 2.45) is 0 Å². The van der Waals surface area contributed by atoms with Crippen molar-refractivity contribution in [3.63, 3.8) is 0 Å². The molecule has 1 aromatic carbocycles. The number of nitro benzene ring substituents is 1. The molecule has 0 aliphatic heterocycles. The smallest absolute Gasteiger partial charge is 0.337 e. The summed E-state index contributed by atoms with van der Waals surface area (Å²) in [5.41, 5.74) is -1.66. The van der Waals surface area contributed by atoms with Gasteiger partial charge in [0, 0.05) is 17.7 Å². The lowest BCUT2D eigenvalue weighted by Crippen LogP contribution is -2.11. The van der Waals surface area contributed by atoms with Gasteiger partial charge in [0.2, 0.25) is 5.82 Å². The van der Waals surface area contributed by atoms with Gasteiger partial charge < -0.3 is 15.3 Å². The van der Waals surface area contributed by atoms with Crippen LogP contribution in [0, 0.1) is 15.9 Å². The molecule has 8 heteroatoms. The number of aliphatic hydroxyl groups is 1. The van der Waals surface area contributed by atoms with Crippen molar-refractivity contribution < 1.29 is 29.4 Å². The van der Waals surface area contributed by atoms with Crippen molar-refractivity contribution in [1.82, 2.24) is 0 Å². The zero-order valence-electron chi connectivity index (χ0n) is 7.62. The molecule has 0 amide bonds. The van der Waals surface area contributed by atoms with E-state index in [0.29, 0.717) is 12.1 Å². The Bertz CT molecular complexity index is 460. The Labute approximate surface area is 87.5 Å². The second-order valence-electron chi connectivity index (χ2n) is 2.86. The molecule has 0 radical (unpaired) electrons. The molecule has 0 aliphatic carbocycles. The monoisotopic (exact) mass is 231 g/mol. The normalized spacial score (nSPS) is 12.1. The van der Waals surface area contributed by atoms with E-state index in [9.17, 15) is 19.3 Å². The predicted molar refractivity (Wildman–Crippen MR) is 47.3 cm³/mol. The van der Waals surface area contributed by atoms with Gasteiger partial charge in [0.1, 0.15) is 5.75 Å². The fourth-order valence-electron chi connectivity index (χ4n) is 1.06. The number of carbonyl (C=O) groups is 1. The van der Waals surface area contributed by atoms with Gasteiger partial charge in [-0.25, -0.2) is 4.79 Å². The average Bonchev–Trinajstić information content (AvgIpc) is 2.16. The van der Waals surface area contributed by atoms with Crippen LogP contribution >= 0.6 is 0 Å². The number of hydrogen-bond donors (Lipinski definition) is 3. The number of aliphatic carboxylic acids is 1. The van der Waals surface area contributed by atoms with E-state index in [2.05, 4.69) is 0 Å². The third kappa shape index (κ3) is 2.06. The van der Waals surface area contributed by atoms with Crippen LogP contribution in [0.5, 0.6) is 5.75 Å². The van der Waals surface area contributed by atoms with Crippen molar-refractivity contribution in [2.75, 3.05) is 0 Å². The van der Waals surface area contributed by atoms with Crippen LogP contribution < -0.4 is 0 Å². The molecule has 0 saturated carbocycles. The van der Waals surface area contributed by atoms with Crippen LogP contribution in [-0.2, 0) is 4.79 Å². The van der Waals surface area contributed by atoms with E-state index in [1.807, 2.05) is 0 Å². The molecule has 0 aliphatic rings. The first kappa shape index (κ1) is 11.9. The summed E-state index contributed by atoms with van der Waals surface area (Å²) >= 11 is 0. The Morgan fingerprint density at radius 3 is 2.50 bits per heavy atom. The number of phenols is 1. The molecule has 86 valence electrons. The summed E-state index contributed by atoms with van der Waals surface area (Å²) in [6, 6.07) is 0.850. The van der Waals surface area contributed by atoms with E-state index in [4.69, 9.17) is 15.3 Å². The second kappa shape index (κ2) is 4.11. The van der Waals surface area contributed by atoms with E-state index < -0.39 is 39.8 Å². The minimum atomic E-state index is -2.15. The van der Waals surface area contributed by atoms with Gasteiger partial charge in [-0.3, -0.25) is 10.1 Å². The Kier molecular flexibility index (Phi) is 3.04. The van der Waals surface area contributed by atoms with Crippen LogP contribution in [0.4, 0.5) is 10.1 Å². The van der Waals surface area contributed by atoms with Gasteiger partial charge in [0.15, 0.2) is 6.10 Å². The Hall–Kier alpha value is -2.22. The minimum absolute atomic E-state index is 0.375. The molecular weight excluding hydrogens is 225 g/mol. The molecule has 1 rings (SSSR count). The van der Waals surface area contributed by atoms with E-state index in [1.165, 1.54) is 0 Å². The topological polar surface area (TPSA) is 121 Å². The molecule has 0 fully saturated rings. The van der Waals surface area contributed by atoms with Gasteiger partial charge in [-0.1, -0.05) is 0 Å². The molecule has 7 nitrogen and oxygen atoms in total. The minimum Gasteiger partial charge on any atom is -0.507 e. The number of phenolic OH excluding ortho intramolecular Hbond substituents is 1. The highest BCUT2D eigenvalue weighted by atomic mass is 19.1. The maximum atomic E-state index is 12.9. The maximum Gasteiger partial charge on any atom is 0.337 e. The first-order valence-electron chi connectivity index (χ1n) is 3.92. The fourth-order valence-corrected chi connectivity index (χ4v) is 1.06. The van der Waals surface area contributed by atoms with E-state index in [0.717, 1.165) is 0 Å². The van der Waals surface area contributed by atoms with Crippen LogP contribution in [-0.4, -0.2) is 26.2 Å². The highest BCUT2D eigenvalue weighted by Crippen LogP contribution is 2.31. The number of carboxylic acid groups (broad SMARTS) is 1. The SMILES string of the molecule is O=C(O)C(O)c1cc([N+](=O)[O-])c(F)cc1O. The summed E-state index contributed by atoms with van der Waals surface area (Å²) in [6.07, 6.45) is -2.15. The van der Waals surface area contributed by atoms with Crippen LogP contribution in [0.15, 0.2) is 12.1 Å². The first-order valence-corrected chi connectivity index (χ1v) is 3.92. The molecule has 1 atom stereocenters. The molecule has 0 bridgehead atoms. The molecule has 1 aromatic rings. The number of benzene rings is 1. The van der Waals surface area contributed by atoms with E-state index in [1.54, 1.807) is 0 Å². The van der Waals surface area contributed by atoms with Gasteiger partial charge in [-0.15, -0.1) is 0 Å². The van der Waals surface area contributed by atoms with E-state index in [-0.39, 0.29) is 0 Å². The summed E-state index contributed by atoms with van der Waals surface area (Å²) in [7, 11) is 0. The Morgan fingerprint density at radius 2 is 2.06 bits per heavy atom. The van der Waals surface area contributed by atoms with Crippen molar-refractivity contribution in [3.8, 4) is 5.75 Å². The maximum absolute atomic E-state index is 12.9. The van der Waals surface area contributed by atoms with Crippen LogP contribution in [0.1, 0.15) is 11.7 Å². The van der Waals surface area contributed by atoms with E-state index >= 15 is 0 Å². The number of aliphatic hydroxyl groups excluding tert-OH is 1. The molecule has 3 N–H and O–H groups in total. The van der Waals surface area contributed by atoms with Crippen molar-refractivity contribution in [1.29, 1.82) is 0 Å². The largest absolute Gasteiger partial charge is 0.507 e. The van der Waals surface area contributed by atoms with Gasteiger partial charge in [0.05, 0.1) is 4.92 Å². The summed E-state index contributed by atoms with van der Waals surface area (Å²) in [6.45, 7) is 0. The lowest BCUT2D eigenvalue weighted by Gasteiger charge is -2.08. The number of nitrogens with zero attached hydrogens (tertiary/aromatic N) is 1. The molecule has 0 saturated heterocycles. The second-order valence-corrected chi connectivity index (χ2v) is 2.86. The molecular formula is C8H6FNO6. The first-order chi connectivity index (χ1) is 7.34. The third-order valence-corrected chi connectivity index (χ3v) is 1.82. The number of hydrogen-bond acceptors (Lipinski definition) is 5. The molecule has 16 heavy (non-hydrogen) atoms. The summed E-state index contributed by atoms with van der Waals surface area (Å²) in [4.78, 5) is 19.6. The summed E-state index contributed by atoms with van der Waals surface area (Å²) in [5.74, 6) is -3.89. The zero-order valence-corrected chi connectivity index (χ0v) is 7.62. The Balaban J connectivity index is 3.35. The molecule has 0 aromatic heterocycles. The third-order valence-electron chi connectivity index (χ3n) is 1.82. The van der Waals surface area contributed by atoms with Crippen molar-refractivity contribution in [3.05, 3.63) is 33.6 Å². The van der Waals surface area contributed by atoms with Gasteiger partial charge in [0.25, 0.3) is 0 Å². The summed E-state index contributed by atoms with van der Waals surface area (Å²) < 4.78 is 12.9. The van der Waals surface area contributed by atoms with Crippen molar-refractivity contribution in [2.45, 2.75) is 6.10 Å². The number of halogens is 1. The summed E-state index contributed by atoms with van der Waals surface area (Å²) in [5, 5.41) is 37.0. The number of nitro groups is 1. The highest BCUT2D eigenvalue weighted by Gasteiger charge is 2.25. The number of rotatable bonds is 3. The van der Waals surface area contributed by atoms with Crippen molar-refractivity contribution >= 4 is 11.7 Å². The molecule has 0 spiro atoms. The highest BCUT2D eigenvalue weighted by molar-refractivity contribution is 5.75. The Morgan fingerprint density at radius 1 is 1.50 bits per heavy atom. The van der Waals surface area contributed by atoms with Gasteiger partial charge in [-0.05, 0) is 0 Å². The average molecular weight is 231 g/mol. The van der Waals surface area contributed by atoms with Crippen LogP contribution in [0.25, 0.3) is 0 Å². The molecule has 0 heterocycles. The lowest BCUT2D eigenvalue weighted by molar-refractivity contribution is -0.387. The lowest BCUT2D eigenvalue weighted by atomic mass is 10.1. The number of aromatic hydroxyl groups is 1. The van der Waals surface area contributed by atoms with Gasteiger partial charge >= 0.3 is 11.7 Å². The fraction of sp³-hybridized carbons (Fsp3) is 0.125. The van der Waals surface area contributed by atoms with Gasteiger partial charge in [-0.2, -0.15) is 4.39 Å². The standard InChI is InChI=1S/C8H6FNO6/c9-4-2-6(11)3(7(12)8(13)14)1-5(4)10(15)16/h1-2,7,11-12H,(H,13,14). The predicted octanol–water partition coefficient (Wildman–Crippen LogP) is 0.557. The number of carboxylic acids is 1.